The number of methoxy groups -OCH3 is 3. The number of nitrogens with zero attached hydrogens (tertiary/aromatic N) is 2. The number of hydrogen-bond donors (Lipinski definition) is 0. The predicted molar refractivity (Wildman–Crippen MR) is 86.7 cm³/mol. The molecule has 1 heterocycles. The Labute approximate surface area is 147 Å². The van der Waals surface area contributed by atoms with Crippen LogP contribution in [0.3, 0.4) is 0 Å². The average Bonchev–Trinajstić information content (AvgIpc) is 2.91. The second kappa shape index (κ2) is 7.51. The maximum atomic E-state index is 12.0. The number of benzene rings is 1. The summed E-state index contributed by atoms with van der Waals surface area (Å²) in [7, 11) is 4.12. The van der Waals surface area contributed by atoms with Gasteiger partial charge in [0.15, 0.2) is 0 Å². The van der Waals surface area contributed by atoms with Gasteiger partial charge in [-0.05, 0) is 12.1 Å². The lowest BCUT2D eigenvalue weighted by molar-refractivity contribution is -0.110. The molecule has 2 rings (SSSR count). The molecule has 0 aliphatic carbocycles. The van der Waals surface area contributed by atoms with Crippen molar-refractivity contribution in [1.82, 2.24) is 9.78 Å². The van der Waals surface area contributed by atoms with E-state index in [9.17, 15) is 4.79 Å². The third-order valence-electron chi connectivity index (χ3n) is 3.06. The molecule has 0 bridgehead atoms. The van der Waals surface area contributed by atoms with Crippen molar-refractivity contribution in [2.24, 2.45) is 0 Å². The lowest BCUT2D eigenvalue weighted by atomic mass is 10.2. The van der Waals surface area contributed by atoms with E-state index in [-0.39, 0.29) is 15.6 Å². The summed E-state index contributed by atoms with van der Waals surface area (Å²) >= 11 is 18.4. The fourth-order valence-corrected chi connectivity index (χ4v) is 3.06. The zero-order chi connectivity index (χ0) is 17.1. The van der Waals surface area contributed by atoms with Crippen molar-refractivity contribution in [3.8, 4) is 5.69 Å². The smallest absolute Gasteiger partial charge is 0.341 e. The fraction of sp³-hybridized carbons (Fsp3) is 0.286. The van der Waals surface area contributed by atoms with Crippen LogP contribution in [-0.4, -0.2) is 37.1 Å². The number of ether oxygens (including phenoxy) is 3. The number of halogens is 3. The lowest BCUT2D eigenvalue weighted by Gasteiger charge is -2.18. The van der Waals surface area contributed by atoms with Gasteiger partial charge in [0.25, 0.3) is 0 Å². The van der Waals surface area contributed by atoms with Crippen LogP contribution in [0.4, 0.5) is 0 Å². The second-order valence-corrected chi connectivity index (χ2v) is 5.62. The number of hydrogen-bond acceptors (Lipinski definition) is 5. The normalized spacial score (nSPS) is 11.1. The Hall–Kier alpha value is -1.31. The molecule has 0 N–H and O–H groups in total. The first-order valence-corrected chi connectivity index (χ1v) is 7.44. The monoisotopic (exact) mass is 378 g/mol. The molecule has 0 saturated carbocycles. The zero-order valence-corrected chi connectivity index (χ0v) is 14.7. The molecule has 0 atom stereocenters. The van der Waals surface area contributed by atoms with E-state index < -0.39 is 12.3 Å². The topological polar surface area (TPSA) is 62.6 Å². The molecule has 0 aliphatic rings. The van der Waals surface area contributed by atoms with E-state index in [1.807, 2.05) is 0 Å². The first-order valence-electron chi connectivity index (χ1n) is 6.31. The van der Waals surface area contributed by atoms with Crippen molar-refractivity contribution in [2.45, 2.75) is 6.29 Å². The summed E-state index contributed by atoms with van der Waals surface area (Å²) in [5.41, 5.74) is 0.818. The Morgan fingerprint density at radius 1 is 1.13 bits per heavy atom. The third-order valence-corrected chi connectivity index (χ3v) is 3.85. The van der Waals surface area contributed by atoms with Gasteiger partial charge in [-0.3, -0.25) is 0 Å². The average molecular weight is 380 g/mol. The Morgan fingerprint density at radius 3 is 2.17 bits per heavy atom. The van der Waals surface area contributed by atoms with Gasteiger partial charge in [-0.15, -0.1) is 0 Å². The Kier molecular flexibility index (Phi) is 5.89. The van der Waals surface area contributed by atoms with Gasteiger partial charge in [0.2, 0.25) is 6.29 Å². The van der Waals surface area contributed by atoms with E-state index in [4.69, 9.17) is 49.0 Å². The van der Waals surface area contributed by atoms with E-state index in [2.05, 4.69) is 5.10 Å². The minimum Gasteiger partial charge on any atom is -0.465 e. The Morgan fingerprint density at radius 2 is 1.70 bits per heavy atom. The first-order chi connectivity index (χ1) is 10.9. The maximum absolute atomic E-state index is 12.0. The van der Waals surface area contributed by atoms with Crippen LogP contribution in [0.2, 0.25) is 15.1 Å². The fourth-order valence-electron chi connectivity index (χ4n) is 2.09. The third kappa shape index (κ3) is 3.46. The van der Waals surface area contributed by atoms with E-state index in [1.54, 1.807) is 0 Å². The molecule has 1 aromatic heterocycles. The number of carbonyl (C=O) groups excluding carboxylic acids is 1. The van der Waals surface area contributed by atoms with Crippen molar-refractivity contribution in [3.05, 3.63) is 44.7 Å². The highest BCUT2D eigenvalue weighted by Gasteiger charge is 2.28. The lowest BCUT2D eigenvalue weighted by Crippen LogP contribution is -2.16. The van der Waals surface area contributed by atoms with E-state index in [0.717, 1.165) is 0 Å². The van der Waals surface area contributed by atoms with Gasteiger partial charge in [0.05, 0.1) is 23.4 Å². The van der Waals surface area contributed by atoms with Crippen LogP contribution in [0.25, 0.3) is 5.69 Å². The van der Waals surface area contributed by atoms with Crippen molar-refractivity contribution in [2.75, 3.05) is 21.3 Å². The van der Waals surface area contributed by atoms with E-state index in [1.165, 1.54) is 44.3 Å². The molecule has 0 saturated heterocycles. The minimum atomic E-state index is -0.880. The van der Waals surface area contributed by atoms with Gasteiger partial charge >= 0.3 is 5.97 Å². The van der Waals surface area contributed by atoms with Gasteiger partial charge in [-0.2, -0.15) is 5.10 Å². The molecular weight excluding hydrogens is 367 g/mol. The van der Waals surface area contributed by atoms with Crippen LogP contribution in [-0.2, 0) is 14.2 Å². The molecule has 9 heteroatoms. The molecule has 124 valence electrons. The molecule has 0 fully saturated rings. The molecule has 0 unspecified atom stereocenters. The molecule has 23 heavy (non-hydrogen) atoms. The number of aromatic nitrogens is 2. The largest absolute Gasteiger partial charge is 0.465 e. The standard InChI is InChI=1S/C14H13Cl3N2O4/c1-21-13(20)8-6-18-19(11(8)14(22-2)23-3)12-9(16)4-7(15)5-10(12)17/h4-6,14H,1-3H3. The molecule has 0 aliphatic heterocycles. The molecule has 1 aromatic carbocycles. The molecule has 2 aromatic rings. The number of carbonyl (C=O) groups is 1. The summed E-state index contributed by atoms with van der Waals surface area (Å²) in [4.78, 5) is 12.0. The van der Waals surface area contributed by atoms with Crippen LogP contribution in [0.5, 0.6) is 0 Å². The van der Waals surface area contributed by atoms with Gasteiger partial charge in [-0.1, -0.05) is 34.8 Å². The quantitative estimate of drug-likeness (QED) is 0.582. The van der Waals surface area contributed by atoms with Crippen LogP contribution < -0.4 is 0 Å². The summed E-state index contributed by atoms with van der Waals surface area (Å²) in [5, 5.41) is 5.06. The summed E-state index contributed by atoms with van der Waals surface area (Å²) in [6.07, 6.45) is 0.447. The van der Waals surface area contributed by atoms with Crippen molar-refractivity contribution >= 4 is 40.8 Å². The van der Waals surface area contributed by atoms with Crippen LogP contribution >= 0.6 is 34.8 Å². The van der Waals surface area contributed by atoms with Gasteiger partial charge < -0.3 is 14.2 Å². The summed E-state index contributed by atoms with van der Waals surface area (Å²) < 4.78 is 16.6. The van der Waals surface area contributed by atoms with Crippen LogP contribution in [0.1, 0.15) is 22.3 Å². The Bertz CT molecular complexity index is 706. The molecule has 0 radical (unpaired) electrons. The first kappa shape index (κ1) is 18.0. The van der Waals surface area contributed by atoms with Gasteiger partial charge in [0, 0.05) is 19.2 Å². The molecular formula is C14H13Cl3N2O4. The SMILES string of the molecule is COC(=O)c1cnn(-c2c(Cl)cc(Cl)cc2Cl)c1C(OC)OC. The van der Waals surface area contributed by atoms with Crippen molar-refractivity contribution < 1.29 is 19.0 Å². The van der Waals surface area contributed by atoms with Crippen molar-refractivity contribution in [3.63, 3.8) is 0 Å². The Balaban J connectivity index is 2.73. The molecule has 0 amide bonds. The van der Waals surface area contributed by atoms with E-state index >= 15 is 0 Å². The zero-order valence-electron chi connectivity index (χ0n) is 12.5. The van der Waals surface area contributed by atoms with Gasteiger partial charge in [0.1, 0.15) is 16.9 Å². The highest BCUT2D eigenvalue weighted by molar-refractivity contribution is 6.40. The summed E-state index contributed by atoms with van der Waals surface area (Å²) in [6.45, 7) is 0. The number of rotatable bonds is 5. The van der Waals surface area contributed by atoms with Crippen LogP contribution in [0, 0.1) is 0 Å². The maximum Gasteiger partial charge on any atom is 0.341 e. The highest BCUT2D eigenvalue weighted by atomic mass is 35.5. The highest BCUT2D eigenvalue weighted by Crippen LogP contribution is 2.35. The minimum absolute atomic E-state index is 0.170. The van der Waals surface area contributed by atoms with E-state index in [0.29, 0.717) is 16.4 Å². The summed E-state index contributed by atoms with van der Waals surface area (Å²) in [5.74, 6) is -0.591. The number of esters is 1. The van der Waals surface area contributed by atoms with Crippen LogP contribution in [0.15, 0.2) is 18.3 Å². The molecule has 6 nitrogen and oxygen atoms in total. The summed E-state index contributed by atoms with van der Waals surface area (Å²) in [6, 6.07) is 3.03. The molecule has 0 spiro atoms. The van der Waals surface area contributed by atoms with Crippen molar-refractivity contribution in [1.29, 1.82) is 0 Å². The second-order valence-electron chi connectivity index (χ2n) is 4.37. The predicted octanol–water partition coefficient (Wildman–Crippen LogP) is 3.91. The van der Waals surface area contributed by atoms with Gasteiger partial charge in [-0.25, -0.2) is 9.48 Å².